The van der Waals surface area contributed by atoms with E-state index in [4.69, 9.17) is 4.52 Å². The van der Waals surface area contributed by atoms with E-state index in [9.17, 15) is 14.3 Å². The number of piperidine rings is 1. The van der Waals surface area contributed by atoms with Crippen LogP contribution < -0.4 is 10.2 Å². The largest absolute Gasteiger partial charge is 0.386 e. The molecule has 1 amide bonds. The number of anilines is 1. The van der Waals surface area contributed by atoms with Crippen molar-refractivity contribution in [2.24, 2.45) is 0 Å². The number of carbonyl (C=O) groups excluding carboxylic acids is 1. The zero-order valence-corrected chi connectivity index (χ0v) is 14.3. The smallest absolute Gasteiger partial charge is 0.256 e. The minimum atomic E-state index is -1.08. The number of aryl methyl sites for hydroxylation is 2. The number of β-amino-alcohol motifs (C(OH)–C–C–N with tert-alkyl or cyclic N) is 1. The highest BCUT2D eigenvalue weighted by Crippen LogP contribution is 2.25. The topological polar surface area (TPSA) is 91.5 Å². The van der Waals surface area contributed by atoms with Gasteiger partial charge in [-0.2, -0.15) is 0 Å². The molecule has 1 fully saturated rings. The molecule has 8 heteroatoms. The van der Waals surface area contributed by atoms with Crippen LogP contribution in [0.5, 0.6) is 0 Å². The average Bonchev–Trinajstić information content (AvgIpc) is 2.92. The first-order valence-electron chi connectivity index (χ1n) is 8.18. The molecule has 25 heavy (non-hydrogen) atoms. The Bertz CT molecular complexity index is 742. The molecular weight excluding hydrogens is 327 g/mol. The summed E-state index contributed by atoms with van der Waals surface area (Å²) in [5, 5.41) is 17.4. The van der Waals surface area contributed by atoms with Gasteiger partial charge in [0.25, 0.3) is 5.91 Å². The van der Waals surface area contributed by atoms with Crippen LogP contribution in [0.4, 0.5) is 10.2 Å². The number of aromatic nitrogens is 2. The fraction of sp³-hybridized carbons (Fsp3) is 0.471. The summed E-state index contributed by atoms with van der Waals surface area (Å²) in [5.41, 5.74) is -0.164. The molecule has 3 rings (SSSR count). The Morgan fingerprint density at radius 2 is 2.28 bits per heavy atom. The van der Waals surface area contributed by atoms with Gasteiger partial charge in [0.05, 0.1) is 17.5 Å². The van der Waals surface area contributed by atoms with Gasteiger partial charge in [0.2, 0.25) is 0 Å². The number of rotatable bonds is 4. The van der Waals surface area contributed by atoms with Crippen molar-refractivity contribution in [1.82, 2.24) is 15.5 Å². The monoisotopic (exact) mass is 348 g/mol. The summed E-state index contributed by atoms with van der Waals surface area (Å²) < 4.78 is 18.0. The Morgan fingerprint density at radius 3 is 2.92 bits per heavy atom. The Labute approximate surface area is 144 Å². The van der Waals surface area contributed by atoms with Crippen LogP contribution in [0.2, 0.25) is 0 Å². The first kappa shape index (κ1) is 17.3. The molecule has 2 N–H and O–H groups in total. The summed E-state index contributed by atoms with van der Waals surface area (Å²) in [4.78, 5) is 18.3. The van der Waals surface area contributed by atoms with Crippen molar-refractivity contribution in [2.45, 2.75) is 32.3 Å². The molecule has 0 bridgehead atoms. The molecule has 0 spiro atoms. The molecule has 1 saturated heterocycles. The third kappa shape index (κ3) is 3.79. The summed E-state index contributed by atoms with van der Waals surface area (Å²) >= 11 is 0. The lowest BCUT2D eigenvalue weighted by Crippen LogP contribution is -2.54. The number of carbonyl (C=O) groups is 1. The van der Waals surface area contributed by atoms with Crippen molar-refractivity contribution in [2.75, 3.05) is 24.5 Å². The van der Waals surface area contributed by atoms with Crippen LogP contribution in [0.15, 0.2) is 22.9 Å². The highest BCUT2D eigenvalue weighted by molar-refractivity contribution is 5.96. The molecule has 2 aromatic rings. The van der Waals surface area contributed by atoms with Gasteiger partial charge in [-0.3, -0.25) is 4.79 Å². The number of hydrogen-bond acceptors (Lipinski definition) is 6. The number of nitrogens with one attached hydrogen (secondary N) is 1. The summed E-state index contributed by atoms with van der Waals surface area (Å²) in [6.45, 7) is 4.51. The van der Waals surface area contributed by atoms with E-state index in [1.807, 2.05) is 4.90 Å². The molecule has 0 radical (unpaired) electrons. The van der Waals surface area contributed by atoms with Gasteiger partial charge in [-0.15, -0.1) is 0 Å². The molecule has 0 saturated carbocycles. The lowest BCUT2D eigenvalue weighted by atomic mass is 9.92. The van der Waals surface area contributed by atoms with Crippen LogP contribution in [0, 0.1) is 19.7 Å². The van der Waals surface area contributed by atoms with Gasteiger partial charge in [0.1, 0.15) is 23.0 Å². The quantitative estimate of drug-likeness (QED) is 0.872. The second-order valence-corrected chi connectivity index (χ2v) is 6.47. The van der Waals surface area contributed by atoms with Gasteiger partial charge < -0.3 is 19.8 Å². The predicted molar refractivity (Wildman–Crippen MR) is 88.9 cm³/mol. The van der Waals surface area contributed by atoms with Crippen molar-refractivity contribution in [3.05, 3.63) is 41.2 Å². The Balaban J connectivity index is 1.65. The van der Waals surface area contributed by atoms with Gasteiger partial charge in [0, 0.05) is 19.6 Å². The molecule has 2 aromatic heterocycles. The second kappa shape index (κ2) is 6.79. The number of hydrogen-bond donors (Lipinski definition) is 2. The van der Waals surface area contributed by atoms with Gasteiger partial charge in [-0.05, 0) is 38.8 Å². The Kier molecular flexibility index (Phi) is 4.71. The van der Waals surface area contributed by atoms with Crippen molar-refractivity contribution in [3.8, 4) is 0 Å². The van der Waals surface area contributed by atoms with E-state index in [0.29, 0.717) is 35.8 Å². The van der Waals surface area contributed by atoms with Crippen LogP contribution in [0.25, 0.3) is 0 Å². The molecular formula is C17H21FN4O3. The number of halogens is 1. The van der Waals surface area contributed by atoms with E-state index in [1.54, 1.807) is 19.9 Å². The Morgan fingerprint density at radius 1 is 1.48 bits per heavy atom. The lowest BCUT2D eigenvalue weighted by Gasteiger charge is -2.39. The van der Waals surface area contributed by atoms with Gasteiger partial charge in [-0.25, -0.2) is 9.37 Å². The molecule has 0 aromatic carbocycles. The van der Waals surface area contributed by atoms with Crippen molar-refractivity contribution in [3.63, 3.8) is 0 Å². The summed E-state index contributed by atoms with van der Waals surface area (Å²) in [7, 11) is 0. The highest BCUT2D eigenvalue weighted by Gasteiger charge is 2.34. The SMILES string of the molecule is Cc1noc(C)c1C(=O)NC[C@]1(O)CCCN(c2ccc(F)cn2)C1. The van der Waals surface area contributed by atoms with Crippen LogP contribution >= 0.6 is 0 Å². The molecule has 0 unspecified atom stereocenters. The maximum absolute atomic E-state index is 13.0. The number of nitrogens with zero attached hydrogens (tertiary/aromatic N) is 3. The minimum absolute atomic E-state index is 0.105. The molecule has 1 aliphatic rings. The van der Waals surface area contributed by atoms with E-state index in [1.165, 1.54) is 6.07 Å². The summed E-state index contributed by atoms with van der Waals surface area (Å²) in [6.07, 6.45) is 2.46. The normalized spacial score (nSPS) is 20.6. The first-order chi connectivity index (χ1) is 11.9. The van der Waals surface area contributed by atoms with Crippen LogP contribution in [-0.2, 0) is 0 Å². The molecule has 7 nitrogen and oxygen atoms in total. The highest BCUT2D eigenvalue weighted by atomic mass is 19.1. The van der Waals surface area contributed by atoms with Crippen molar-refractivity contribution >= 4 is 11.7 Å². The zero-order chi connectivity index (χ0) is 18.0. The van der Waals surface area contributed by atoms with E-state index < -0.39 is 11.4 Å². The average molecular weight is 348 g/mol. The second-order valence-electron chi connectivity index (χ2n) is 6.47. The van der Waals surface area contributed by atoms with Crippen LogP contribution in [-0.4, -0.2) is 46.4 Å². The van der Waals surface area contributed by atoms with Crippen molar-refractivity contribution in [1.29, 1.82) is 0 Å². The third-order valence-corrected chi connectivity index (χ3v) is 4.43. The fourth-order valence-corrected chi connectivity index (χ4v) is 3.15. The van der Waals surface area contributed by atoms with Crippen LogP contribution in [0.1, 0.15) is 34.7 Å². The van der Waals surface area contributed by atoms with Gasteiger partial charge in [0.15, 0.2) is 0 Å². The van der Waals surface area contributed by atoms with E-state index in [2.05, 4.69) is 15.5 Å². The third-order valence-electron chi connectivity index (χ3n) is 4.43. The summed E-state index contributed by atoms with van der Waals surface area (Å²) in [5.74, 6) is 0.337. The molecule has 0 aliphatic carbocycles. The zero-order valence-electron chi connectivity index (χ0n) is 14.3. The number of pyridine rings is 1. The minimum Gasteiger partial charge on any atom is -0.386 e. The maximum Gasteiger partial charge on any atom is 0.256 e. The standard InChI is InChI=1S/C17H21FN4O3/c1-11-15(12(2)25-21-11)16(23)20-9-17(24)6-3-7-22(10-17)14-5-4-13(18)8-19-14/h4-5,8,24H,3,6-7,9-10H2,1-2H3,(H,20,23)/t17-/m1/s1. The Hall–Kier alpha value is -2.48. The maximum atomic E-state index is 13.0. The van der Waals surface area contributed by atoms with E-state index in [-0.39, 0.29) is 12.5 Å². The fourth-order valence-electron chi connectivity index (χ4n) is 3.15. The predicted octanol–water partition coefficient (Wildman–Crippen LogP) is 1.59. The molecule has 134 valence electrons. The molecule has 1 aliphatic heterocycles. The first-order valence-corrected chi connectivity index (χ1v) is 8.18. The van der Waals surface area contributed by atoms with Crippen molar-refractivity contribution < 1.29 is 18.8 Å². The lowest BCUT2D eigenvalue weighted by molar-refractivity contribution is 0.0254. The number of aliphatic hydroxyl groups is 1. The molecule has 1 atom stereocenters. The van der Waals surface area contributed by atoms with Gasteiger partial charge >= 0.3 is 0 Å². The molecule has 3 heterocycles. The van der Waals surface area contributed by atoms with Crippen LogP contribution in [0.3, 0.4) is 0 Å². The van der Waals surface area contributed by atoms with Gasteiger partial charge in [-0.1, -0.05) is 5.16 Å². The summed E-state index contributed by atoms with van der Waals surface area (Å²) in [6, 6.07) is 2.93. The van der Waals surface area contributed by atoms with E-state index >= 15 is 0 Å². The van der Waals surface area contributed by atoms with E-state index in [0.717, 1.165) is 19.2 Å². The number of amides is 1.